The van der Waals surface area contributed by atoms with Crippen LogP contribution in [0.2, 0.25) is 0 Å². The van der Waals surface area contributed by atoms with E-state index in [1.54, 1.807) is 12.4 Å². The molecule has 5 heteroatoms. The summed E-state index contributed by atoms with van der Waals surface area (Å²) in [7, 11) is 0. The Hall–Kier alpha value is -1.75. The van der Waals surface area contributed by atoms with E-state index in [0.717, 1.165) is 37.0 Å². The molecule has 1 aliphatic rings. The number of likely N-dealkylation sites (tertiary alicyclic amines) is 1. The van der Waals surface area contributed by atoms with E-state index >= 15 is 0 Å². The van der Waals surface area contributed by atoms with E-state index in [0.29, 0.717) is 11.7 Å². The summed E-state index contributed by atoms with van der Waals surface area (Å²) in [5.74, 6) is 2.77. The molecule has 20 heavy (non-hydrogen) atoms. The van der Waals surface area contributed by atoms with E-state index in [1.165, 1.54) is 6.42 Å². The molecule has 3 rings (SSSR count). The third-order valence-electron chi connectivity index (χ3n) is 3.69. The van der Waals surface area contributed by atoms with E-state index in [9.17, 15) is 0 Å². The van der Waals surface area contributed by atoms with E-state index in [2.05, 4.69) is 33.9 Å². The normalized spacial score (nSPS) is 23.9. The molecule has 0 N–H and O–H groups in total. The number of piperidine rings is 1. The zero-order valence-corrected chi connectivity index (χ0v) is 12.0. The predicted octanol–water partition coefficient (Wildman–Crippen LogP) is 2.61. The maximum atomic E-state index is 5.36. The quantitative estimate of drug-likeness (QED) is 0.859. The van der Waals surface area contributed by atoms with Crippen LogP contribution < -0.4 is 0 Å². The smallest absolute Gasteiger partial charge is 0.241 e. The topological polar surface area (TPSA) is 55.1 Å². The van der Waals surface area contributed by atoms with Crippen LogP contribution in [0.25, 0.3) is 11.4 Å². The van der Waals surface area contributed by atoms with Crippen molar-refractivity contribution in [3.05, 3.63) is 30.4 Å². The molecule has 1 aliphatic heterocycles. The van der Waals surface area contributed by atoms with Crippen molar-refractivity contribution in [2.45, 2.75) is 26.8 Å². The van der Waals surface area contributed by atoms with Gasteiger partial charge in [-0.3, -0.25) is 9.88 Å². The first-order valence-corrected chi connectivity index (χ1v) is 7.16. The molecule has 106 valence electrons. The van der Waals surface area contributed by atoms with E-state index in [4.69, 9.17) is 4.52 Å². The van der Waals surface area contributed by atoms with Crippen molar-refractivity contribution in [2.24, 2.45) is 11.8 Å². The third kappa shape index (κ3) is 3.04. The molecule has 0 aromatic carbocycles. The first kappa shape index (κ1) is 13.2. The van der Waals surface area contributed by atoms with Crippen LogP contribution in [0, 0.1) is 11.8 Å². The average Bonchev–Trinajstić information content (AvgIpc) is 2.87. The summed E-state index contributed by atoms with van der Waals surface area (Å²) in [5.41, 5.74) is 0.892. The molecule has 2 aromatic heterocycles. The first-order chi connectivity index (χ1) is 9.70. The van der Waals surface area contributed by atoms with Gasteiger partial charge in [-0.05, 0) is 30.4 Å². The van der Waals surface area contributed by atoms with Gasteiger partial charge in [0.2, 0.25) is 11.7 Å². The maximum Gasteiger partial charge on any atom is 0.241 e. The van der Waals surface area contributed by atoms with Gasteiger partial charge in [0.25, 0.3) is 0 Å². The highest BCUT2D eigenvalue weighted by Crippen LogP contribution is 2.22. The molecule has 5 nitrogen and oxygen atoms in total. The molecule has 0 saturated carbocycles. The van der Waals surface area contributed by atoms with E-state index in [1.807, 2.05) is 12.1 Å². The van der Waals surface area contributed by atoms with Gasteiger partial charge in [-0.25, -0.2) is 0 Å². The van der Waals surface area contributed by atoms with Crippen LogP contribution in [0.3, 0.4) is 0 Å². The monoisotopic (exact) mass is 272 g/mol. The lowest BCUT2D eigenvalue weighted by Crippen LogP contribution is -2.38. The minimum Gasteiger partial charge on any atom is -0.338 e. The van der Waals surface area contributed by atoms with Gasteiger partial charge in [-0.1, -0.05) is 19.0 Å². The summed E-state index contributed by atoms with van der Waals surface area (Å²) in [5, 5.41) is 4.04. The highest BCUT2D eigenvalue weighted by Gasteiger charge is 2.23. The molecule has 2 atom stereocenters. The lowest BCUT2D eigenvalue weighted by molar-refractivity contribution is 0.121. The second-order valence-corrected chi connectivity index (χ2v) is 5.89. The Balaban J connectivity index is 1.68. The van der Waals surface area contributed by atoms with Crippen molar-refractivity contribution in [1.82, 2.24) is 20.0 Å². The van der Waals surface area contributed by atoms with Crippen LogP contribution in [0.1, 0.15) is 26.2 Å². The van der Waals surface area contributed by atoms with Gasteiger partial charge in [-0.15, -0.1) is 0 Å². The largest absolute Gasteiger partial charge is 0.338 e. The van der Waals surface area contributed by atoms with E-state index < -0.39 is 0 Å². The maximum absolute atomic E-state index is 5.36. The van der Waals surface area contributed by atoms with Gasteiger partial charge in [0.15, 0.2) is 0 Å². The van der Waals surface area contributed by atoms with Gasteiger partial charge in [-0.2, -0.15) is 4.98 Å². The Morgan fingerprint density at radius 2 is 2.10 bits per heavy atom. The summed E-state index contributed by atoms with van der Waals surface area (Å²) in [6.45, 7) is 7.56. The minimum atomic E-state index is 0.617. The SMILES string of the molecule is CC1CC(C)CN(Cc2nc(-c3cccnc3)no2)C1. The molecule has 1 saturated heterocycles. The van der Waals surface area contributed by atoms with Crippen LogP contribution in [-0.2, 0) is 6.54 Å². The Morgan fingerprint density at radius 3 is 2.80 bits per heavy atom. The van der Waals surface area contributed by atoms with Gasteiger partial charge in [0.05, 0.1) is 6.54 Å². The number of aromatic nitrogens is 3. The van der Waals surface area contributed by atoms with Crippen molar-refractivity contribution in [3.8, 4) is 11.4 Å². The van der Waals surface area contributed by atoms with E-state index in [-0.39, 0.29) is 0 Å². The third-order valence-corrected chi connectivity index (χ3v) is 3.69. The molecule has 2 aromatic rings. The molecular weight excluding hydrogens is 252 g/mol. The zero-order chi connectivity index (χ0) is 13.9. The average molecular weight is 272 g/mol. The molecular formula is C15H20N4O. The molecule has 0 bridgehead atoms. The Labute approximate surface area is 119 Å². The Morgan fingerprint density at radius 1 is 1.30 bits per heavy atom. The van der Waals surface area contributed by atoms with Gasteiger partial charge in [0.1, 0.15) is 0 Å². The fourth-order valence-corrected chi connectivity index (χ4v) is 3.04. The predicted molar refractivity (Wildman–Crippen MR) is 75.8 cm³/mol. The molecule has 0 radical (unpaired) electrons. The van der Waals surface area contributed by atoms with Gasteiger partial charge >= 0.3 is 0 Å². The molecule has 0 spiro atoms. The van der Waals surface area contributed by atoms with Crippen LogP contribution in [0.4, 0.5) is 0 Å². The second-order valence-electron chi connectivity index (χ2n) is 5.89. The highest BCUT2D eigenvalue weighted by molar-refractivity contribution is 5.51. The van der Waals surface area contributed by atoms with Crippen LogP contribution in [0.5, 0.6) is 0 Å². The molecule has 0 amide bonds. The summed E-state index contributed by atoms with van der Waals surface area (Å²) < 4.78 is 5.36. The zero-order valence-electron chi connectivity index (χ0n) is 12.0. The summed E-state index contributed by atoms with van der Waals surface area (Å²) in [6.07, 6.45) is 4.79. The first-order valence-electron chi connectivity index (χ1n) is 7.16. The van der Waals surface area contributed by atoms with Gasteiger partial charge in [0, 0.05) is 31.0 Å². The second kappa shape index (κ2) is 5.71. The fourth-order valence-electron chi connectivity index (χ4n) is 3.04. The standard InChI is InChI=1S/C15H20N4O/c1-11-6-12(2)9-19(8-11)10-14-17-15(18-20-14)13-4-3-5-16-7-13/h3-5,7,11-12H,6,8-10H2,1-2H3. The fraction of sp³-hybridized carbons (Fsp3) is 0.533. The minimum absolute atomic E-state index is 0.617. The van der Waals surface area contributed by atoms with Gasteiger partial charge < -0.3 is 4.52 Å². The Kier molecular flexibility index (Phi) is 3.78. The van der Waals surface area contributed by atoms with Crippen molar-refractivity contribution >= 4 is 0 Å². The number of pyridine rings is 1. The number of hydrogen-bond acceptors (Lipinski definition) is 5. The van der Waals surface area contributed by atoms with Crippen LogP contribution in [0.15, 0.2) is 29.0 Å². The van der Waals surface area contributed by atoms with Crippen LogP contribution in [-0.4, -0.2) is 33.1 Å². The van der Waals surface area contributed by atoms with Crippen molar-refractivity contribution < 1.29 is 4.52 Å². The number of rotatable bonds is 3. The van der Waals surface area contributed by atoms with Crippen LogP contribution >= 0.6 is 0 Å². The molecule has 0 aliphatic carbocycles. The molecule has 1 fully saturated rings. The van der Waals surface area contributed by atoms with Crippen molar-refractivity contribution in [2.75, 3.05) is 13.1 Å². The van der Waals surface area contributed by atoms with Crippen molar-refractivity contribution in [3.63, 3.8) is 0 Å². The molecule has 3 heterocycles. The van der Waals surface area contributed by atoms with Crippen molar-refractivity contribution in [1.29, 1.82) is 0 Å². The number of nitrogens with zero attached hydrogens (tertiary/aromatic N) is 4. The number of hydrogen-bond donors (Lipinski definition) is 0. The summed E-state index contributed by atoms with van der Waals surface area (Å²) in [6, 6.07) is 3.81. The highest BCUT2D eigenvalue weighted by atomic mass is 16.5. The lowest BCUT2D eigenvalue weighted by Gasteiger charge is -2.33. The molecule has 2 unspecified atom stereocenters. The summed E-state index contributed by atoms with van der Waals surface area (Å²) >= 11 is 0. The summed E-state index contributed by atoms with van der Waals surface area (Å²) in [4.78, 5) is 10.9. The Bertz CT molecular complexity index is 544. The lowest BCUT2D eigenvalue weighted by atomic mass is 9.92.